The number of fused-ring (bicyclic) bond motifs is 2. The maximum atomic E-state index is 4.78. The molecular formula is C26H25N3. The molecule has 29 heavy (non-hydrogen) atoms. The van der Waals surface area contributed by atoms with E-state index >= 15 is 0 Å². The molecule has 3 nitrogen and oxygen atoms in total. The van der Waals surface area contributed by atoms with Gasteiger partial charge in [0.05, 0.1) is 6.21 Å². The highest BCUT2D eigenvalue weighted by Crippen LogP contribution is 2.21. The van der Waals surface area contributed by atoms with Crippen LogP contribution in [0.4, 0.5) is 0 Å². The number of nitrogens with zero attached hydrogens (tertiary/aromatic N) is 3. The summed E-state index contributed by atoms with van der Waals surface area (Å²) >= 11 is 0. The lowest BCUT2D eigenvalue weighted by atomic mass is 10.0. The predicted octanol–water partition coefficient (Wildman–Crippen LogP) is 5.14. The van der Waals surface area contributed by atoms with Crippen molar-refractivity contribution < 1.29 is 0 Å². The van der Waals surface area contributed by atoms with Crippen LogP contribution >= 0.6 is 0 Å². The Kier molecular flexibility index (Phi) is 4.97. The number of rotatable bonds is 4. The Morgan fingerprint density at radius 1 is 0.655 bits per heavy atom. The van der Waals surface area contributed by atoms with Crippen LogP contribution in [0.3, 0.4) is 0 Å². The minimum atomic E-state index is 0.964. The van der Waals surface area contributed by atoms with Crippen LogP contribution in [0.5, 0.6) is 0 Å². The summed E-state index contributed by atoms with van der Waals surface area (Å²) in [6.45, 7) is 5.01. The third-order valence-electron chi connectivity index (χ3n) is 5.81. The highest BCUT2D eigenvalue weighted by atomic mass is 15.5. The first kappa shape index (κ1) is 17.9. The zero-order valence-electron chi connectivity index (χ0n) is 16.5. The van der Waals surface area contributed by atoms with E-state index in [1.54, 1.807) is 0 Å². The first-order chi connectivity index (χ1) is 14.4. The molecule has 0 N–H and O–H groups in total. The highest BCUT2D eigenvalue weighted by Gasteiger charge is 2.16. The number of hydrogen-bond donors (Lipinski definition) is 0. The second-order valence-corrected chi connectivity index (χ2v) is 7.68. The molecule has 1 saturated heterocycles. The van der Waals surface area contributed by atoms with E-state index in [0.717, 1.165) is 32.7 Å². The van der Waals surface area contributed by atoms with Crippen molar-refractivity contribution in [2.75, 3.05) is 26.2 Å². The van der Waals surface area contributed by atoms with Crippen LogP contribution in [0.1, 0.15) is 11.1 Å². The molecular weight excluding hydrogens is 354 g/mol. The second kappa shape index (κ2) is 8.06. The minimum absolute atomic E-state index is 0.964. The average molecular weight is 380 g/mol. The summed E-state index contributed by atoms with van der Waals surface area (Å²) in [6, 6.07) is 30.2. The number of hydrogen-bond acceptors (Lipinski definition) is 3. The van der Waals surface area contributed by atoms with Gasteiger partial charge in [0.25, 0.3) is 0 Å². The van der Waals surface area contributed by atoms with Gasteiger partial charge in [-0.15, -0.1) is 0 Å². The second-order valence-electron chi connectivity index (χ2n) is 7.68. The van der Waals surface area contributed by atoms with E-state index < -0.39 is 0 Å². The van der Waals surface area contributed by atoms with Gasteiger partial charge in [-0.25, -0.2) is 0 Å². The lowest BCUT2D eigenvalue weighted by Crippen LogP contribution is -2.43. The topological polar surface area (TPSA) is 18.8 Å². The Hall–Kier alpha value is -3.17. The lowest BCUT2D eigenvalue weighted by Gasteiger charge is -2.33. The van der Waals surface area contributed by atoms with Crippen molar-refractivity contribution in [2.45, 2.75) is 6.54 Å². The van der Waals surface area contributed by atoms with Gasteiger partial charge in [-0.2, -0.15) is 5.10 Å². The van der Waals surface area contributed by atoms with E-state index in [1.807, 2.05) is 6.21 Å². The van der Waals surface area contributed by atoms with Gasteiger partial charge < -0.3 is 0 Å². The Morgan fingerprint density at radius 2 is 1.28 bits per heavy atom. The smallest absolute Gasteiger partial charge is 0.0549 e. The summed E-state index contributed by atoms with van der Waals surface area (Å²) in [7, 11) is 0. The van der Waals surface area contributed by atoms with Crippen molar-refractivity contribution in [2.24, 2.45) is 5.10 Å². The molecule has 0 unspecified atom stereocenters. The summed E-state index contributed by atoms with van der Waals surface area (Å²) in [4.78, 5) is 2.53. The molecule has 0 atom stereocenters. The van der Waals surface area contributed by atoms with E-state index in [1.165, 1.54) is 32.7 Å². The molecule has 0 aromatic heterocycles. The van der Waals surface area contributed by atoms with E-state index in [2.05, 4.69) is 94.8 Å². The van der Waals surface area contributed by atoms with Gasteiger partial charge in [-0.1, -0.05) is 84.9 Å². The summed E-state index contributed by atoms with van der Waals surface area (Å²) in [5.74, 6) is 0. The molecule has 0 spiro atoms. The van der Waals surface area contributed by atoms with Gasteiger partial charge in [0, 0.05) is 38.3 Å². The van der Waals surface area contributed by atoms with Crippen molar-refractivity contribution in [1.29, 1.82) is 0 Å². The molecule has 5 rings (SSSR count). The molecule has 1 aliphatic heterocycles. The molecule has 0 radical (unpaired) electrons. The van der Waals surface area contributed by atoms with Crippen molar-refractivity contribution in [3.05, 3.63) is 96.1 Å². The van der Waals surface area contributed by atoms with E-state index in [-0.39, 0.29) is 0 Å². The lowest BCUT2D eigenvalue weighted by molar-refractivity contribution is 0.131. The molecule has 0 aliphatic carbocycles. The summed E-state index contributed by atoms with van der Waals surface area (Å²) in [6.07, 6.45) is 2.02. The van der Waals surface area contributed by atoms with Crippen molar-refractivity contribution in [3.63, 3.8) is 0 Å². The molecule has 1 heterocycles. The highest BCUT2D eigenvalue weighted by molar-refractivity contribution is 5.99. The quantitative estimate of drug-likeness (QED) is 0.457. The van der Waals surface area contributed by atoms with Crippen LogP contribution in [0.25, 0.3) is 21.5 Å². The monoisotopic (exact) mass is 379 g/mol. The van der Waals surface area contributed by atoms with Crippen LogP contribution in [0.2, 0.25) is 0 Å². The van der Waals surface area contributed by atoms with Crippen LogP contribution in [0, 0.1) is 0 Å². The van der Waals surface area contributed by atoms with Crippen molar-refractivity contribution in [1.82, 2.24) is 9.91 Å². The molecule has 0 amide bonds. The fourth-order valence-electron chi connectivity index (χ4n) is 4.19. The molecule has 3 heteroatoms. The largest absolute Gasteiger partial charge is 0.295 e. The summed E-state index contributed by atoms with van der Waals surface area (Å²) in [5.41, 5.74) is 2.59. The Balaban J connectivity index is 1.24. The van der Waals surface area contributed by atoms with Gasteiger partial charge in [-0.05, 0) is 27.1 Å². The number of piperazine rings is 1. The molecule has 144 valence electrons. The predicted molar refractivity (Wildman–Crippen MR) is 122 cm³/mol. The Bertz CT molecular complexity index is 1150. The van der Waals surface area contributed by atoms with Gasteiger partial charge in [0.15, 0.2) is 0 Å². The minimum Gasteiger partial charge on any atom is -0.295 e. The molecule has 0 bridgehead atoms. The maximum absolute atomic E-state index is 4.78. The van der Waals surface area contributed by atoms with Gasteiger partial charge in [0.2, 0.25) is 0 Å². The SMILES string of the molecule is C(=N\N1CCN(Cc2cccc3ccccc23)CC1)/c1cccc2ccccc12. The zero-order chi connectivity index (χ0) is 19.5. The van der Waals surface area contributed by atoms with Crippen molar-refractivity contribution in [3.8, 4) is 0 Å². The van der Waals surface area contributed by atoms with Crippen LogP contribution in [-0.4, -0.2) is 42.3 Å². The van der Waals surface area contributed by atoms with E-state index in [9.17, 15) is 0 Å². The fourth-order valence-corrected chi connectivity index (χ4v) is 4.19. The number of benzene rings is 4. The van der Waals surface area contributed by atoms with E-state index in [4.69, 9.17) is 5.10 Å². The third-order valence-corrected chi connectivity index (χ3v) is 5.81. The van der Waals surface area contributed by atoms with Crippen LogP contribution in [0.15, 0.2) is 90.0 Å². The van der Waals surface area contributed by atoms with Crippen molar-refractivity contribution >= 4 is 27.8 Å². The Morgan fingerprint density at radius 3 is 2.07 bits per heavy atom. The fraction of sp³-hybridized carbons (Fsp3) is 0.192. The Labute approximate surface area is 171 Å². The standard InChI is InChI=1S/C26H25N3/c1-3-13-25-21(7-1)9-5-11-23(25)19-27-29-17-15-28(16-18-29)20-24-12-6-10-22-8-2-4-14-26(22)24/h1-14,19H,15-18,20H2/b27-19+. The first-order valence-corrected chi connectivity index (χ1v) is 10.3. The maximum Gasteiger partial charge on any atom is 0.0549 e. The van der Waals surface area contributed by atoms with Gasteiger partial charge in [0.1, 0.15) is 0 Å². The molecule has 0 saturated carbocycles. The molecule has 1 aliphatic rings. The summed E-state index contributed by atoms with van der Waals surface area (Å²) in [5, 5.41) is 12.2. The molecule has 1 fully saturated rings. The zero-order valence-corrected chi connectivity index (χ0v) is 16.5. The number of hydrazone groups is 1. The first-order valence-electron chi connectivity index (χ1n) is 10.3. The normalized spacial score (nSPS) is 15.5. The average Bonchev–Trinajstić information content (AvgIpc) is 2.79. The molecule has 4 aromatic carbocycles. The van der Waals surface area contributed by atoms with Crippen LogP contribution in [-0.2, 0) is 6.54 Å². The van der Waals surface area contributed by atoms with Gasteiger partial charge in [-0.3, -0.25) is 9.91 Å². The summed E-state index contributed by atoms with van der Waals surface area (Å²) < 4.78 is 0. The van der Waals surface area contributed by atoms with Crippen LogP contribution < -0.4 is 0 Å². The van der Waals surface area contributed by atoms with Gasteiger partial charge >= 0.3 is 0 Å². The molecule has 4 aromatic rings. The van der Waals surface area contributed by atoms with E-state index in [0.29, 0.717) is 0 Å². The third kappa shape index (κ3) is 3.87.